The molecule has 0 bridgehead atoms. The van der Waals surface area contributed by atoms with Crippen LogP contribution in [0.4, 0.5) is 0 Å². The first kappa shape index (κ1) is 16.4. The van der Waals surface area contributed by atoms with Gasteiger partial charge in [0, 0.05) is 23.8 Å². The first-order chi connectivity index (χ1) is 12.0. The van der Waals surface area contributed by atoms with Gasteiger partial charge in [-0.25, -0.2) is 0 Å². The molecule has 126 valence electrons. The van der Waals surface area contributed by atoms with Gasteiger partial charge in [-0.2, -0.15) is 5.26 Å². The molecule has 0 spiro atoms. The average Bonchev–Trinajstić information content (AvgIpc) is 2.59. The van der Waals surface area contributed by atoms with Gasteiger partial charge in [-0.1, -0.05) is 12.1 Å². The van der Waals surface area contributed by atoms with Gasteiger partial charge >= 0.3 is 0 Å². The number of methoxy groups -OCH3 is 1. The lowest BCUT2D eigenvalue weighted by Gasteiger charge is -2.09. The van der Waals surface area contributed by atoms with Gasteiger partial charge in [0.25, 0.3) is 0 Å². The molecule has 0 fully saturated rings. The van der Waals surface area contributed by atoms with Crippen LogP contribution in [0.3, 0.4) is 0 Å². The van der Waals surface area contributed by atoms with Crippen molar-refractivity contribution in [3.8, 4) is 34.6 Å². The molecule has 6 nitrogen and oxygen atoms in total. The summed E-state index contributed by atoms with van der Waals surface area (Å²) in [5.41, 5.74) is 1.43. The summed E-state index contributed by atoms with van der Waals surface area (Å²) in [6, 6.07) is 11.4. The molecule has 3 rings (SSSR count). The summed E-state index contributed by atoms with van der Waals surface area (Å²) in [6.07, 6.45) is 0. The summed E-state index contributed by atoms with van der Waals surface area (Å²) in [5, 5.41) is 18.7. The second-order valence-corrected chi connectivity index (χ2v) is 5.42. The molecule has 1 heterocycles. The van der Waals surface area contributed by atoms with Crippen LogP contribution in [0.15, 0.2) is 45.6 Å². The number of nitriles is 1. The fourth-order valence-corrected chi connectivity index (χ4v) is 2.56. The summed E-state index contributed by atoms with van der Waals surface area (Å²) in [6.45, 7) is 1.74. The summed E-state index contributed by atoms with van der Waals surface area (Å²) < 4.78 is 16.3. The number of aromatic hydroxyl groups is 1. The van der Waals surface area contributed by atoms with E-state index in [2.05, 4.69) is 0 Å². The normalized spacial score (nSPS) is 10.4. The lowest BCUT2D eigenvalue weighted by molar-refractivity contribution is 0.364. The third kappa shape index (κ3) is 3.12. The van der Waals surface area contributed by atoms with Gasteiger partial charge in [0.05, 0.1) is 7.11 Å². The molecule has 1 N–H and O–H groups in total. The zero-order valence-corrected chi connectivity index (χ0v) is 13.7. The third-order valence-electron chi connectivity index (χ3n) is 3.78. The van der Waals surface area contributed by atoms with Crippen LogP contribution in [-0.2, 0) is 0 Å². The molecule has 2 aromatic carbocycles. The molecule has 0 aliphatic carbocycles. The van der Waals surface area contributed by atoms with Crippen LogP contribution < -0.4 is 14.9 Å². The minimum Gasteiger partial charge on any atom is -0.507 e. The Hall–Kier alpha value is -3.46. The monoisotopic (exact) mass is 337 g/mol. The van der Waals surface area contributed by atoms with Crippen molar-refractivity contribution in [3.63, 3.8) is 0 Å². The molecule has 0 aliphatic heterocycles. The fourth-order valence-electron chi connectivity index (χ4n) is 2.56. The van der Waals surface area contributed by atoms with Crippen molar-refractivity contribution in [2.75, 3.05) is 13.7 Å². The van der Waals surface area contributed by atoms with Crippen molar-refractivity contribution in [2.24, 2.45) is 0 Å². The lowest BCUT2D eigenvalue weighted by Crippen LogP contribution is -2.02. The second-order valence-electron chi connectivity index (χ2n) is 5.42. The summed E-state index contributed by atoms with van der Waals surface area (Å²) in [4.78, 5) is 12.4. The largest absolute Gasteiger partial charge is 0.507 e. The number of aryl methyl sites for hydroxylation is 1. The molecule has 25 heavy (non-hydrogen) atoms. The molecule has 0 atom stereocenters. The zero-order chi connectivity index (χ0) is 18.0. The Bertz CT molecular complexity index is 1050. The Kier molecular flexibility index (Phi) is 4.31. The van der Waals surface area contributed by atoms with Crippen molar-refractivity contribution in [2.45, 2.75) is 6.92 Å². The van der Waals surface area contributed by atoms with E-state index in [9.17, 15) is 9.90 Å². The molecule has 0 aliphatic rings. The highest BCUT2D eigenvalue weighted by Crippen LogP contribution is 2.32. The third-order valence-corrected chi connectivity index (χ3v) is 3.78. The van der Waals surface area contributed by atoms with Crippen LogP contribution in [0.2, 0.25) is 0 Å². The Labute approximate surface area is 143 Å². The molecular weight excluding hydrogens is 322 g/mol. The number of benzene rings is 2. The number of rotatable bonds is 4. The van der Waals surface area contributed by atoms with E-state index in [0.29, 0.717) is 17.1 Å². The maximum Gasteiger partial charge on any atom is 0.197 e. The number of phenols is 1. The minimum absolute atomic E-state index is 0.0622. The van der Waals surface area contributed by atoms with E-state index in [1.807, 2.05) is 25.1 Å². The molecule has 0 unspecified atom stereocenters. The zero-order valence-electron chi connectivity index (χ0n) is 13.7. The van der Waals surface area contributed by atoms with Crippen LogP contribution in [0, 0.1) is 18.3 Å². The number of phenolic OH excluding ortho intramolecular Hbond substituents is 1. The predicted molar refractivity (Wildman–Crippen MR) is 92.0 cm³/mol. The van der Waals surface area contributed by atoms with Crippen molar-refractivity contribution in [1.82, 2.24) is 0 Å². The van der Waals surface area contributed by atoms with Crippen molar-refractivity contribution >= 4 is 11.0 Å². The smallest absolute Gasteiger partial charge is 0.197 e. The maximum absolute atomic E-state index is 12.4. The van der Waals surface area contributed by atoms with Crippen molar-refractivity contribution < 1.29 is 19.0 Å². The van der Waals surface area contributed by atoms with Gasteiger partial charge in [0.1, 0.15) is 40.0 Å². The number of nitrogens with zero attached hydrogens (tertiary/aromatic N) is 1. The summed E-state index contributed by atoms with van der Waals surface area (Å²) in [5.74, 6) is 1.00. The van der Waals surface area contributed by atoms with Crippen LogP contribution in [-0.4, -0.2) is 18.8 Å². The van der Waals surface area contributed by atoms with Gasteiger partial charge in [0.2, 0.25) is 0 Å². The lowest BCUT2D eigenvalue weighted by atomic mass is 10.1. The number of ether oxygens (including phenoxy) is 2. The Morgan fingerprint density at radius 3 is 2.76 bits per heavy atom. The molecule has 3 aromatic rings. The first-order valence-corrected chi connectivity index (χ1v) is 7.49. The van der Waals surface area contributed by atoms with Crippen LogP contribution in [0.5, 0.6) is 17.2 Å². The van der Waals surface area contributed by atoms with Crippen molar-refractivity contribution in [1.29, 1.82) is 5.26 Å². The highest BCUT2D eigenvalue weighted by molar-refractivity contribution is 5.86. The molecule has 0 saturated carbocycles. The summed E-state index contributed by atoms with van der Waals surface area (Å²) >= 11 is 0. The molecule has 0 radical (unpaired) electrons. The average molecular weight is 337 g/mol. The maximum atomic E-state index is 12.4. The van der Waals surface area contributed by atoms with E-state index >= 15 is 0 Å². The molecule has 1 aromatic heterocycles. The molecular formula is C19H15NO5. The standard InChI is InChI=1S/C19H15NO5/c1-11-3-4-12(7-16(11)23-2)17-10-15(22)19-14(21)8-13(24-6-5-20)9-18(19)25-17/h3-4,7-10,21H,6H2,1-2H3. The molecule has 6 heteroatoms. The number of hydrogen-bond acceptors (Lipinski definition) is 6. The molecule has 0 amide bonds. The van der Waals surface area contributed by atoms with Gasteiger partial charge in [-0.05, 0) is 18.6 Å². The highest BCUT2D eigenvalue weighted by atomic mass is 16.5. The minimum atomic E-state index is -0.375. The highest BCUT2D eigenvalue weighted by Gasteiger charge is 2.13. The van der Waals surface area contributed by atoms with E-state index in [1.165, 1.54) is 18.2 Å². The second kappa shape index (κ2) is 6.57. The van der Waals surface area contributed by atoms with E-state index < -0.39 is 0 Å². The Balaban J connectivity index is 2.18. The number of hydrogen-bond donors (Lipinski definition) is 1. The van der Waals surface area contributed by atoms with Crippen LogP contribution >= 0.6 is 0 Å². The van der Waals surface area contributed by atoms with Gasteiger partial charge in [-0.15, -0.1) is 0 Å². The van der Waals surface area contributed by atoms with Crippen LogP contribution in [0.25, 0.3) is 22.3 Å². The summed E-state index contributed by atoms with van der Waals surface area (Å²) in [7, 11) is 1.57. The van der Waals surface area contributed by atoms with E-state index in [0.717, 1.165) is 5.56 Å². The first-order valence-electron chi connectivity index (χ1n) is 7.49. The number of fused-ring (bicyclic) bond motifs is 1. The van der Waals surface area contributed by atoms with E-state index in [1.54, 1.807) is 13.2 Å². The SMILES string of the molecule is COc1cc(-c2cc(=O)c3c(O)cc(OCC#N)cc3o2)ccc1C. The van der Waals surface area contributed by atoms with Crippen LogP contribution in [0.1, 0.15) is 5.56 Å². The quantitative estimate of drug-likeness (QED) is 0.784. The van der Waals surface area contributed by atoms with Gasteiger partial charge in [-0.3, -0.25) is 4.79 Å². The van der Waals surface area contributed by atoms with Gasteiger partial charge < -0.3 is 19.0 Å². The molecule has 0 saturated heterocycles. The fraction of sp³-hybridized carbons (Fsp3) is 0.158. The van der Waals surface area contributed by atoms with Crippen molar-refractivity contribution in [3.05, 3.63) is 52.2 Å². The Morgan fingerprint density at radius 1 is 1.24 bits per heavy atom. The topological polar surface area (TPSA) is 92.7 Å². The van der Waals surface area contributed by atoms with Gasteiger partial charge in [0.15, 0.2) is 12.0 Å². The Morgan fingerprint density at radius 2 is 2.04 bits per heavy atom. The van der Waals surface area contributed by atoms with E-state index in [4.69, 9.17) is 19.2 Å². The van der Waals surface area contributed by atoms with E-state index in [-0.39, 0.29) is 34.5 Å². The predicted octanol–water partition coefficient (Wildman–Crippen LogP) is 3.39.